The first-order valence-corrected chi connectivity index (χ1v) is 6.53. The van der Waals surface area contributed by atoms with Crippen LogP contribution in [0.5, 0.6) is 5.75 Å². The minimum absolute atomic E-state index is 0.0178. The number of aryl methyl sites for hydroxylation is 1. The van der Waals surface area contributed by atoms with Crippen LogP contribution in [0.15, 0.2) is 29.1 Å². The van der Waals surface area contributed by atoms with Crippen LogP contribution in [0.2, 0.25) is 0 Å². The highest BCUT2D eigenvalue weighted by atomic mass is 16.5. The van der Waals surface area contributed by atoms with Crippen LogP contribution < -0.4 is 10.2 Å². The zero-order valence-electron chi connectivity index (χ0n) is 11.5. The average Bonchev–Trinajstić information content (AvgIpc) is 2.45. The monoisotopic (exact) mass is 275 g/mol. The summed E-state index contributed by atoms with van der Waals surface area (Å²) in [5.41, 5.74) is 0.333. The number of aromatic nitrogens is 1. The third kappa shape index (κ3) is 2.52. The normalized spacial score (nSPS) is 10.7. The lowest BCUT2D eigenvalue weighted by molar-refractivity contribution is 0.0684. The van der Waals surface area contributed by atoms with Crippen molar-refractivity contribution in [2.24, 2.45) is 0 Å². The van der Waals surface area contributed by atoms with Gasteiger partial charge in [-0.05, 0) is 18.6 Å². The van der Waals surface area contributed by atoms with Crippen molar-refractivity contribution in [1.82, 2.24) is 4.57 Å². The molecular weight excluding hydrogens is 258 g/mol. The van der Waals surface area contributed by atoms with E-state index >= 15 is 0 Å². The molecule has 0 aliphatic heterocycles. The number of carboxylic acids is 1. The molecule has 1 aromatic carbocycles. The van der Waals surface area contributed by atoms with Gasteiger partial charge in [0.2, 0.25) is 0 Å². The molecule has 20 heavy (non-hydrogen) atoms. The van der Waals surface area contributed by atoms with Gasteiger partial charge in [0.05, 0.1) is 12.6 Å². The molecule has 1 heterocycles. The molecule has 5 heteroatoms. The van der Waals surface area contributed by atoms with E-state index in [2.05, 4.69) is 0 Å². The topological polar surface area (TPSA) is 68.5 Å². The first-order chi connectivity index (χ1) is 9.58. The lowest BCUT2D eigenvalue weighted by Gasteiger charge is -2.14. The van der Waals surface area contributed by atoms with E-state index in [1.54, 1.807) is 22.8 Å². The Hall–Kier alpha value is -2.30. The van der Waals surface area contributed by atoms with Gasteiger partial charge >= 0.3 is 5.97 Å². The molecule has 106 valence electrons. The number of unbranched alkanes of at least 4 members (excludes halogenated alkanes) is 1. The van der Waals surface area contributed by atoms with E-state index in [1.807, 2.05) is 6.92 Å². The van der Waals surface area contributed by atoms with Crippen molar-refractivity contribution in [2.45, 2.75) is 26.3 Å². The van der Waals surface area contributed by atoms with Crippen molar-refractivity contribution in [2.75, 3.05) is 7.11 Å². The minimum atomic E-state index is -1.09. The molecule has 2 rings (SSSR count). The van der Waals surface area contributed by atoms with Gasteiger partial charge in [0.25, 0.3) is 0 Å². The largest absolute Gasteiger partial charge is 0.497 e. The third-order valence-electron chi connectivity index (χ3n) is 3.27. The first-order valence-electron chi connectivity index (χ1n) is 6.53. The summed E-state index contributed by atoms with van der Waals surface area (Å²) < 4.78 is 6.83. The number of hydrogen-bond acceptors (Lipinski definition) is 3. The van der Waals surface area contributed by atoms with Gasteiger partial charge in [-0.15, -0.1) is 0 Å². The highest BCUT2D eigenvalue weighted by Gasteiger charge is 2.14. The maximum Gasteiger partial charge on any atom is 0.352 e. The Kier molecular flexibility index (Phi) is 4.08. The standard InChI is InChI=1S/C15H17NO4/c1-3-4-7-16-12-8-10(20-2)5-6-11(12)14(17)9-13(16)15(18)19/h5-6,8-9H,3-4,7H2,1-2H3,(H,18,19). The summed E-state index contributed by atoms with van der Waals surface area (Å²) in [5.74, 6) is -0.493. The minimum Gasteiger partial charge on any atom is -0.497 e. The number of pyridine rings is 1. The fraction of sp³-hybridized carbons (Fsp3) is 0.333. The summed E-state index contributed by atoms with van der Waals surface area (Å²) in [5, 5.41) is 9.79. The Labute approximate surface area is 116 Å². The Morgan fingerprint density at radius 3 is 2.70 bits per heavy atom. The van der Waals surface area contributed by atoms with Gasteiger partial charge in [0, 0.05) is 24.1 Å². The summed E-state index contributed by atoms with van der Waals surface area (Å²) in [4.78, 5) is 23.4. The number of aromatic carboxylic acids is 1. The molecule has 1 N–H and O–H groups in total. The summed E-state index contributed by atoms with van der Waals surface area (Å²) in [6.07, 6.45) is 1.78. The predicted octanol–water partition coefficient (Wildman–Crippen LogP) is 2.51. The number of methoxy groups -OCH3 is 1. The number of rotatable bonds is 5. The molecule has 0 spiro atoms. The molecule has 2 aromatic rings. The highest BCUT2D eigenvalue weighted by molar-refractivity contribution is 5.91. The van der Waals surface area contributed by atoms with E-state index in [0.29, 0.717) is 23.2 Å². The molecule has 0 saturated carbocycles. The van der Waals surface area contributed by atoms with E-state index in [-0.39, 0.29) is 11.1 Å². The van der Waals surface area contributed by atoms with Crippen molar-refractivity contribution in [3.8, 4) is 5.75 Å². The van der Waals surface area contributed by atoms with Crippen LogP contribution >= 0.6 is 0 Å². The lowest BCUT2D eigenvalue weighted by Crippen LogP contribution is -2.18. The van der Waals surface area contributed by atoms with Gasteiger partial charge < -0.3 is 14.4 Å². The van der Waals surface area contributed by atoms with Crippen molar-refractivity contribution < 1.29 is 14.6 Å². The molecule has 0 aliphatic rings. The van der Waals surface area contributed by atoms with E-state index in [4.69, 9.17) is 4.74 Å². The Morgan fingerprint density at radius 1 is 1.35 bits per heavy atom. The van der Waals surface area contributed by atoms with Crippen LogP contribution in [0, 0.1) is 0 Å². The van der Waals surface area contributed by atoms with E-state index in [1.165, 1.54) is 13.2 Å². The van der Waals surface area contributed by atoms with E-state index in [9.17, 15) is 14.7 Å². The van der Waals surface area contributed by atoms with Gasteiger partial charge in [-0.3, -0.25) is 4.79 Å². The van der Waals surface area contributed by atoms with Gasteiger partial charge in [-0.25, -0.2) is 4.79 Å². The van der Waals surface area contributed by atoms with Crippen LogP contribution in [0.25, 0.3) is 10.9 Å². The van der Waals surface area contributed by atoms with Crippen LogP contribution in [0.1, 0.15) is 30.3 Å². The number of nitrogens with zero attached hydrogens (tertiary/aromatic N) is 1. The van der Waals surface area contributed by atoms with Crippen molar-refractivity contribution >= 4 is 16.9 Å². The zero-order valence-corrected chi connectivity index (χ0v) is 11.5. The van der Waals surface area contributed by atoms with Gasteiger partial charge in [0.15, 0.2) is 5.43 Å². The summed E-state index contributed by atoms with van der Waals surface area (Å²) in [7, 11) is 1.54. The van der Waals surface area contributed by atoms with Crippen molar-refractivity contribution in [1.29, 1.82) is 0 Å². The summed E-state index contributed by atoms with van der Waals surface area (Å²) in [6, 6.07) is 6.27. The highest BCUT2D eigenvalue weighted by Crippen LogP contribution is 2.20. The van der Waals surface area contributed by atoms with Crippen molar-refractivity contribution in [3.63, 3.8) is 0 Å². The maximum absolute atomic E-state index is 12.0. The quantitative estimate of drug-likeness (QED) is 0.910. The fourth-order valence-corrected chi connectivity index (χ4v) is 2.21. The van der Waals surface area contributed by atoms with Crippen LogP contribution in [0.3, 0.4) is 0 Å². The zero-order chi connectivity index (χ0) is 14.7. The molecule has 0 saturated heterocycles. The molecule has 0 radical (unpaired) electrons. The summed E-state index contributed by atoms with van der Waals surface area (Å²) in [6.45, 7) is 2.59. The molecule has 0 bridgehead atoms. The van der Waals surface area contributed by atoms with Crippen LogP contribution in [-0.4, -0.2) is 22.8 Å². The molecule has 0 unspecified atom stereocenters. The molecule has 0 atom stereocenters. The molecule has 0 fully saturated rings. The average molecular weight is 275 g/mol. The van der Waals surface area contributed by atoms with Gasteiger partial charge in [-0.1, -0.05) is 13.3 Å². The predicted molar refractivity (Wildman–Crippen MR) is 76.6 cm³/mol. The number of ether oxygens (including phenoxy) is 1. The SMILES string of the molecule is CCCCn1c(C(=O)O)cc(=O)c2ccc(OC)cc21. The molecule has 1 aromatic heterocycles. The number of fused-ring (bicyclic) bond motifs is 1. The van der Waals surface area contributed by atoms with Crippen molar-refractivity contribution in [3.05, 3.63) is 40.2 Å². The lowest BCUT2D eigenvalue weighted by atomic mass is 10.1. The Balaban J connectivity index is 2.78. The number of hydrogen-bond donors (Lipinski definition) is 1. The second kappa shape index (κ2) is 5.77. The van der Waals surface area contributed by atoms with E-state index < -0.39 is 5.97 Å². The Bertz CT molecular complexity index is 703. The first kappa shape index (κ1) is 14.1. The summed E-state index contributed by atoms with van der Waals surface area (Å²) >= 11 is 0. The van der Waals surface area contributed by atoms with Crippen LogP contribution in [-0.2, 0) is 6.54 Å². The number of benzene rings is 1. The Morgan fingerprint density at radius 2 is 2.10 bits per heavy atom. The number of carboxylic acid groups (broad SMARTS) is 1. The van der Waals surface area contributed by atoms with E-state index in [0.717, 1.165) is 12.8 Å². The fourth-order valence-electron chi connectivity index (χ4n) is 2.21. The third-order valence-corrected chi connectivity index (χ3v) is 3.27. The second-order valence-corrected chi connectivity index (χ2v) is 4.59. The molecule has 0 aliphatic carbocycles. The molecule has 5 nitrogen and oxygen atoms in total. The second-order valence-electron chi connectivity index (χ2n) is 4.59. The van der Waals surface area contributed by atoms with Crippen LogP contribution in [0.4, 0.5) is 0 Å². The smallest absolute Gasteiger partial charge is 0.352 e. The number of carbonyl (C=O) groups is 1. The maximum atomic E-state index is 12.0. The van der Waals surface area contributed by atoms with Gasteiger partial charge in [0.1, 0.15) is 11.4 Å². The van der Waals surface area contributed by atoms with Gasteiger partial charge in [-0.2, -0.15) is 0 Å². The molecule has 0 amide bonds. The molecular formula is C15H17NO4.